The topological polar surface area (TPSA) is 42.0 Å². The van der Waals surface area contributed by atoms with Crippen molar-refractivity contribution < 1.29 is 4.79 Å². The molecular formula is C10H11Br2ClN2O. The number of aromatic nitrogens is 1. The van der Waals surface area contributed by atoms with E-state index in [4.69, 9.17) is 11.6 Å². The number of anilines is 1. The first-order chi connectivity index (χ1) is 7.41. The van der Waals surface area contributed by atoms with Crippen LogP contribution >= 0.6 is 43.5 Å². The summed E-state index contributed by atoms with van der Waals surface area (Å²) < 4.78 is 0.767. The summed E-state index contributed by atoms with van der Waals surface area (Å²) in [4.78, 5) is 15.4. The van der Waals surface area contributed by atoms with Gasteiger partial charge in [0.25, 0.3) is 0 Å². The van der Waals surface area contributed by atoms with Gasteiger partial charge in [0.2, 0.25) is 5.91 Å². The van der Waals surface area contributed by atoms with Crippen molar-refractivity contribution in [2.75, 3.05) is 5.32 Å². The van der Waals surface area contributed by atoms with E-state index >= 15 is 0 Å². The number of carbonyl (C=O) groups excluding carboxylic acids is 1. The van der Waals surface area contributed by atoms with Crippen molar-refractivity contribution in [1.82, 2.24) is 4.98 Å². The maximum atomic E-state index is 11.8. The lowest BCUT2D eigenvalue weighted by molar-refractivity contribution is -0.116. The van der Waals surface area contributed by atoms with Crippen LogP contribution in [-0.2, 0) is 4.79 Å². The van der Waals surface area contributed by atoms with E-state index in [1.54, 1.807) is 12.3 Å². The Morgan fingerprint density at radius 3 is 2.75 bits per heavy atom. The molecule has 1 amide bonds. The van der Waals surface area contributed by atoms with Crippen molar-refractivity contribution in [2.24, 2.45) is 5.92 Å². The van der Waals surface area contributed by atoms with Crippen molar-refractivity contribution in [3.05, 3.63) is 21.9 Å². The van der Waals surface area contributed by atoms with Crippen molar-refractivity contribution in [3.8, 4) is 0 Å². The van der Waals surface area contributed by atoms with Crippen molar-refractivity contribution in [3.63, 3.8) is 0 Å². The van der Waals surface area contributed by atoms with Crippen molar-refractivity contribution >= 4 is 55.1 Å². The van der Waals surface area contributed by atoms with E-state index in [1.165, 1.54) is 0 Å². The van der Waals surface area contributed by atoms with Crippen LogP contribution < -0.4 is 5.32 Å². The fourth-order valence-electron chi connectivity index (χ4n) is 1.01. The number of rotatable bonds is 3. The minimum atomic E-state index is -0.248. The van der Waals surface area contributed by atoms with Gasteiger partial charge in [0.15, 0.2) is 5.15 Å². The molecule has 1 aromatic rings. The first-order valence-electron chi connectivity index (χ1n) is 4.67. The van der Waals surface area contributed by atoms with Gasteiger partial charge < -0.3 is 5.32 Å². The second kappa shape index (κ2) is 5.98. The molecule has 0 saturated heterocycles. The number of hydrogen-bond donors (Lipinski definition) is 1. The standard InChI is InChI=1S/C10H11Br2ClN2O/c1-5(2)8(12)10(16)15-7-3-6(11)4-14-9(7)13/h3-5,8H,1-2H3,(H,15,16). The van der Waals surface area contributed by atoms with Gasteiger partial charge in [-0.1, -0.05) is 41.4 Å². The maximum Gasteiger partial charge on any atom is 0.238 e. The van der Waals surface area contributed by atoms with Gasteiger partial charge in [0.1, 0.15) is 0 Å². The molecule has 0 bridgehead atoms. The first-order valence-corrected chi connectivity index (χ1v) is 6.76. The minimum absolute atomic E-state index is 0.128. The van der Waals surface area contributed by atoms with Crippen LogP contribution in [0.1, 0.15) is 13.8 Å². The molecule has 0 aliphatic carbocycles. The predicted octanol–water partition coefficient (Wildman–Crippen LogP) is 3.86. The number of nitrogens with one attached hydrogen (secondary N) is 1. The fraction of sp³-hybridized carbons (Fsp3) is 0.400. The molecule has 0 aliphatic rings. The minimum Gasteiger partial charge on any atom is -0.322 e. The number of amides is 1. The summed E-state index contributed by atoms with van der Waals surface area (Å²) in [6, 6.07) is 1.72. The lowest BCUT2D eigenvalue weighted by Gasteiger charge is -2.14. The molecule has 0 saturated carbocycles. The lowest BCUT2D eigenvalue weighted by Crippen LogP contribution is -2.27. The predicted molar refractivity (Wildman–Crippen MR) is 73.1 cm³/mol. The number of pyridine rings is 1. The van der Waals surface area contributed by atoms with Crippen molar-refractivity contribution in [2.45, 2.75) is 18.7 Å². The van der Waals surface area contributed by atoms with E-state index in [9.17, 15) is 4.79 Å². The quantitative estimate of drug-likeness (QED) is 0.649. The van der Waals surface area contributed by atoms with Crippen LogP contribution in [0.2, 0.25) is 5.15 Å². The summed E-state index contributed by atoms with van der Waals surface area (Å²) >= 11 is 12.5. The van der Waals surface area contributed by atoms with Crippen LogP contribution in [0.3, 0.4) is 0 Å². The molecule has 0 fully saturated rings. The van der Waals surface area contributed by atoms with E-state index in [2.05, 4.69) is 42.2 Å². The van der Waals surface area contributed by atoms with Gasteiger partial charge in [0.05, 0.1) is 10.5 Å². The highest BCUT2D eigenvalue weighted by molar-refractivity contribution is 9.10. The fourth-order valence-corrected chi connectivity index (χ4v) is 1.61. The molecule has 6 heteroatoms. The summed E-state index contributed by atoms with van der Waals surface area (Å²) in [6.45, 7) is 3.92. The van der Waals surface area contributed by atoms with Crippen molar-refractivity contribution in [1.29, 1.82) is 0 Å². The number of halogens is 3. The van der Waals surface area contributed by atoms with Gasteiger partial charge in [0, 0.05) is 10.7 Å². The Labute approximate surface area is 116 Å². The zero-order valence-corrected chi connectivity index (χ0v) is 12.7. The van der Waals surface area contributed by atoms with E-state index in [0.29, 0.717) is 5.69 Å². The van der Waals surface area contributed by atoms with Gasteiger partial charge in [-0.05, 0) is 27.9 Å². The molecule has 0 aliphatic heterocycles. The van der Waals surface area contributed by atoms with Crippen LogP contribution in [0.5, 0.6) is 0 Å². The maximum absolute atomic E-state index is 11.8. The Morgan fingerprint density at radius 1 is 1.56 bits per heavy atom. The molecule has 1 unspecified atom stereocenters. The van der Waals surface area contributed by atoms with Crippen LogP contribution in [0.15, 0.2) is 16.7 Å². The average molecular weight is 370 g/mol. The molecule has 16 heavy (non-hydrogen) atoms. The summed E-state index contributed by atoms with van der Waals surface area (Å²) in [7, 11) is 0. The third-order valence-corrected chi connectivity index (χ3v) is 4.11. The summed E-state index contributed by atoms with van der Waals surface area (Å²) in [5, 5.41) is 3.00. The molecule has 0 radical (unpaired) electrons. The Morgan fingerprint density at radius 2 is 2.19 bits per heavy atom. The van der Waals surface area contributed by atoms with E-state index in [1.807, 2.05) is 13.8 Å². The van der Waals surface area contributed by atoms with Crippen LogP contribution in [0, 0.1) is 5.92 Å². The monoisotopic (exact) mass is 368 g/mol. The molecule has 0 spiro atoms. The number of hydrogen-bond acceptors (Lipinski definition) is 2. The number of carbonyl (C=O) groups is 1. The van der Waals surface area contributed by atoms with Gasteiger partial charge in [-0.2, -0.15) is 0 Å². The SMILES string of the molecule is CC(C)C(Br)C(=O)Nc1cc(Br)cnc1Cl. The normalized spacial score (nSPS) is 12.6. The Balaban J connectivity index is 2.80. The second-order valence-electron chi connectivity index (χ2n) is 3.63. The molecule has 1 heterocycles. The molecule has 0 aromatic carbocycles. The molecule has 88 valence electrons. The smallest absolute Gasteiger partial charge is 0.238 e. The first kappa shape index (κ1) is 13.9. The lowest BCUT2D eigenvalue weighted by atomic mass is 10.1. The highest BCUT2D eigenvalue weighted by atomic mass is 79.9. The second-order valence-corrected chi connectivity index (χ2v) is 5.89. The largest absolute Gasteiger partial charge is 0.322 e. The highest BCUT2D eigenvalue weighted by Gasteiger charge is 2.19. The Hall–Kier alpha value is -0.130. The number of nitrogens with zero attached hydrogens (tertiary/aromatic N) is 1. The Kier molecular flexibility index (Phi) is 5.21. The molecule has 3 nitrogen and oxygen atoms in total. The average Bonchev–Trinajstić information content (AvgIpc) is 2.22. The Bertz CT molecular complexity index is 398. The molecule has 1 atom stereocenters. The zero-order valence-electron chi connectivity index (χ0n) is 8.80. The molecule has 1 N–H and O–H groups in total. The highest BCUT2D eigenvalue weighted by Crippen LogP contribution is 2.24. The van der Waals surface area contributed by atoms with Gasteiger partial charge >= 0.3 is 0 Å². The summed E-state index contributed by atoms with van der Waals surface area (Å²) in [5.41, 5.74) is 0.506. The van der Waals surface area contributed by atoms with E-state index < -0.39 is 0 Å². The van der Waals surface area contributed by atoms with Crippen LogP contribution in [-0.4, -0.2) is 15.7 Å². The number of alkyl halides is 1. The van der Waals surface area contributed by atoms with Gasteiger partial charge in [-0.15, -0.1) is 0 Å². The van der Waals surface area contributed by atoms with E-state index in [0.717, 1.165) is 4.47 Å². The summed E-state index contributed by atoms with van der Waals surface area (Å²) in [5.74, 6) is 0.0793. The molecule has 1 rings (SSSR count). The molecule has 1 aromatic heterocycles. The van der Waals surface area contributed by atoms with Gasteiger partial charge in [-0.25, -0.2) is 4.98 Å². The van der Waals surface area contributed by atoms with Crippen LogP contribution in [0.25, 0.3) is 0 Å². The zero-order chi connectivity index (χ0) is 12.3. The summed E-state index contributed by atoms with van der Waals surface area (Å²) in [6.07, 6.45) is 1.58. The third kappa shape index (κ3) is 3.71. The van der Waals surface area contributed by atoms with E-state index in [-0.39, 0.29) is 21.8 Å². The third-order valence-electron chi connectivity index (χ3n) is 1.90. The van der Waals surface area contributed by atoms with Crippen LogP contribution in [0.4, 0.5) is 5.69 Å². The van der Waals surface area contributed by atoms with Gasteiger partial charge in [-0.3, -0.25) is 4.79 Å². The molecular weight excluding hydrogens is 359 g/mol.